The van der Waals surface area contributed by atoms with E-state index in [4.69, 9.17) is 9.15 Å². The van der Waals surface area contributed by atoms with Crippen LogP contribution >= 0.6 is 0 Å². The monoisotopic (exact) mass is 426 g/mol. The summed E-state index contributed by atoms with van der Waals surface area (Å²) >= 11 is 0. The molecule has 0 atom stereocenters. The maximum atomic E-state index is 13.1. The second kappa shape index (κ2) is 7.85. The summed E-state index contributed by atoms with van der Waals surface area (Å²) in [5.41, 5.74) is 4.76. The normalized spacial score (nSPS) is 11.2. The van der Waals surface area contributed by atoms with E-state index in [0.29, 0.717) is 23.7 Å². The molecule has 0 spiro atoms. The van der Waals surface area contributed by atoms with E-state index in [9.17, 15) is 4.79 Å². The lowest BCUT2D eigenvalue weighted by atomic mass is 10.1. The Morgan fingerprint density at radius 2 is 1.81 bits per heavy atom. The molecule has 5 aromatic rings. The maximum absolute atomic E-state index is 13.1. The van der Waals surface area contributed by atoms with Gasteiger partial charge in [0.15, 0.2) is 0 Å². The van der Waals surface area contributed by atoms with E-state index in [0.717, 1.165) is 33.8 Å². The molecule has 7 heteroatoms. The summed E-state index contributed by atoms with van der Waals surface area (Å²) in [5.74, 6) is 2.03. The number of hydrogen-bond acceptors (Lipinski definition) is 5. The van der Waals surface area contributed by atoms with Crippen molar-refractivity contribution in [2.75, 3.05) is 7.11 Å². The van der Waals surface area contributed by atoms with Crippen LogP contribution in [0.25, 0.3) is 28.2 Å². The van der Waals surface area contributed by atoms with E-state index >= 15 is 0 Å². The summed E-state index contributed by atoms with van der Waals surface area (Å²) in [4.78, 5) is 17.8. The molecule has 0 radical (unpaired) electrons. The molecule has 0 saturated heterocycles. The molecule has 0 amide bonds. The van der Waals surface area contributed by atoms with Crippen molar-refractivity contribution in [3.63, 3.8) is 0 Å². The maximum Gasteiger partial charge on any atom is 0.276 e. The van der Waals surface area contributed by atoms with Gasteiger partial charge in [0.05, 0.1) is 19.3 Å². The first-order valence-electron chi connectivity index (χ1n) is 10.3. The number of benzene rings is 2. The van der Waals surface area contributed by atoms with Crippen LogP contribution in [-0.4, -0.2) is 26.3 Å². The number of nitrogens with zero attached hydrogens (tertiary/aromatic N) is 4. The van der Waals surface area contributed by atoms with Crippen molar-refractivity contribution in [1.82, 2.24) is 19.2 Å². The fraction of sp³-hybridized carbons (Fsp3) is 0.160. The molecule has 7 nitrogen and oxygen atoms in total. The number of fused-ring (bicyclic) bond motifs is 1. The van der Waals surface area contributed by atoms with Crippen LogP contribution in [0.2, 0.25) is 0 Å². The quantitative estimate of drug-likeness (QED) is 0.414. The summed E-state index contributed by atoms with van der Waals surface area (Å²) in [5, 5.41) is 4.55. The average molecular weight is 426 g/mol. The first-order chi connectivity index (χ1) is 15.5. The zero-order chi connectivity index (χ0) is 22.2. The molecule has 2 aromatic carbocycles. The highest BCUT2D eigenvalue weighted by atomic mass is 16.5. The minimum absolute atomic E-state index is 0.139. The average Bonchev–Trinajstić information content (AvgIpc) is 3.40. The van der Waals surface area contributed by atoms with Gasteiger partial charge in [0.1, 0.15) is 22.7 Å². The third-order valence-corrected chi connectivity index (χ3v) is 5.58. The molecule has 0 aliphatic carbocycles. The van der Waals surface area contributed by atoms with Crippen molar-refractivity contribution in [1.29, 1.82) is 0 Å². The van der Waals surface area contributed by atoms with Gasteiger partial charge < -0.3 is 13.7 Å². The van der Waals surface area contributed by atoms with E-state index in [-0.39, 0.29) is 5.56 Å². The van der Waals surface area contributed by atoms with Crippen LogP contribution in [0, 0.1) is 13.8 Å². The number of oxazole rings is 1. The van der Waals surface area contributed by atoms with Gasteiger partial charge in [-0.15, -0.1) is 0 Å². The van der Waals surface area contributed by atoms with E-state index in [2.05, 4.69) is 10.1 Å². The van der Waals surface area contributed by atoms with E-state index in [1.807, 2.05) is 62.4 Å². The number of hydrogen-bond donors (Lipinski definition) is 0. The summed E-state index contributed by atoms with van der Waals surface area (Å²) in [7, 11) is 1.63. The topological polar surface area (TPSA) is 74.6 Å². The van der Waals surface area contributed by atoms with Crippen molar-refractivity contribution in [2.24, 2.45) is 0 Å². The van der Waals surface area contributed by atoms with Gasteiger partial charge in [-0.1, -0.05) is 18.2 Å². The summed E-state index contributed by atoms with van der Waals surface area (Å²) < 4.78 is 14.3. The van der Waals surface area contributed by atoms with Crippen molar-refractivity contribution < 1.29 is 9.15 Å². The molecular formula is C25H22N4O3. The fourth-order valence-corrected chi connectivity index (χ4v) is 3.72. The lowest BCUT2D eigenvalue weighted by Crippen LogP contribution is -2.22. The van der Waals surface area contributed by atoms with Gasteiger partial charge in [0, 0.05) is 23.5 Å². The largest absolute Gasteiger partial charge is 0.497 e. The van der Waals surface area contributed by atoms with E-state index < -0.39 is 0 Å². The van der Waals surface area contributed by atoms with E-state index in [1.54, 1.807) is 34.7 Å². The Morgan fingerprint density at radius 1 is 1.03 bits per heavy atom. The molecule has 0 saturated carbocycles. The molecule has 3 aromatic heterocycles. The van der Waals surface area contributed by atoms with E-state index in [1.165, 1.54) is 0 Å². The second-order valence-corrected chi connectivity index (χ2v) is 7.66. The second-order valence-electron chi connectivity index (χ2n) is 7.66. The predicted molar refractivity (Wildman–Crippen MR) is 122 cm³/mol. The SMILES string of the molecule is COc1ccc(-c2cc3c(=O)n(Cc4nc(-c5ccccc5C)oc4C)ccn3n2)cc1. The minimum Gasteiger partial charge on any atom is -0.497 e. The Hall–Kier alpha value is -4.13. The van der Waals surface area contributed by atoms with Crippen molar-refractivity contribution in [2.45, 2.75) is 20.4 Å². The van der Waals surface area contributed by atoms with Crippen LogP contribution in [0.1, 0.15) is 17.0 Å². The first kappa shape index (κ1) is 19.8. The van der Waals surface area contributed by atoms with Crippen molar-refractivity contribution >= 4 is 5.52 Å². The lowest BCUT2D eigenvalue weighted by Gasteiger charge is -2.04. The Balaban J connectivity index is 1.48. The number of rotatable bonds is 5. The van der Waals surface area contributed by atoms with Gasteiger partial charge >= 0.3 is 0 Å². The number of aromatic nitrogens is 4. The van der Waals surface area contributed by atoms with Crippen LogP contribution < -0.4 is 10.3 Å². The molecule has 0 aliphatic heterocycles. The molecule has 160 valence electrons. The fourth-order valence-electron chi connectivity index (χ4n) is 3.72. The molecule has 0 fully saturated rings. The zero-order valence-corrected chi connectivity index (χ0v) is 18.1. The van der Waals surface area contributed by atoms with Gasteiger partial charge in [-0.3, -0.25) is 4.79 Å². The summed E-state index contributed by atoms with van der Waals surface area (Å²) in [6.07, 6.45) is 3.50. The summed E-state index contributed by atoms with van der Waals surface area (Å²) in [6.45, 7) is 4.21. The standard InChI is InChI=1S/C25H22N4O3/c1-16-6-4-5-7-20(16)24-26-22(17(2)32-24)15-28-12-13-29-23(25(28)30)14-21(27-29)18-8-10-19(31-3)11-9-18/h4-14H,15H2,1-3H3. The van der Waals surface area contributed by atoms with Crippen molar-refractivity contribution in [3.05, 3.63) is 94.4 Å². The molecule has 0 bridgehead atoms. The van der Waals surface area contributed by atoms with Crippen LogP contribution in [-0.2, 0) is 6.54 Å². The highest BCUT2D eigenvalue weighted by molar-refractivity contribution is 5.66. The minimum atomic E-state index is -0.139. The highest BCUT2D eigenvalue weighted by Gasteiger charge is 2.15. The Kier molecular flexibility index (Phi) is 4.86. The summed E-state index contributed by atoms with van der Waals surface area (Å²) in [6, 6.07) is 17.3. The van der Waals surface area contributed by atoms with Gasteiger partial charge in [-0.2, -0.15) is 5.10 Å². The molecule has 0 aliphatic rings. The van der Waals surface area contributed by atoms with Gasteiger partial charge in [-0.05, 0) is 55.8 Å². The van der Waals surface area contributed by atoms with Crippen LogP contribution in [0.4, 0.5) is 0 Å². The van der Waals surface area contributed by atoms with Gasteiger partial charge in [0.25, 0.3) is 5.56 Å². The zero-order valence-electron chi connectivity index (χ0n) is 18.1. The van der Waals surface area contributed by atoms with Crippen LogP contribution in [0.3, 0.4) is 0 Å². The molecule has 0 N–H and O–H groups in total. The van der Waals surface area contributed by atoms with Crippen LogP contribution in [0.5, 0.6) is 5.75 Å². The third-order valence-electron chi connectivity index (χ3n) is 5.58. The third kappa shape index (κ3) is 3.47. The Bertz CT molecular complexity index is 1480. The van der Waals surface area contributed by atoms with Gasteiger partial charge in [0.2, 0.25) is 5.89 Å². The molecule has 3 heterocycles. The van der Waals surface area contributed by atoms with Crippen molar-refractivity contribution in [3.8, 4) is 28.5 Å². The molecule has 5 rings (SSSR count). The Labute approximate surface area is 184 Å². The number of methoxy groups -OCH3 is 1. The first-order valence-corrected chi connectivity index (χ1v) is 10.3. The smallest absolute Gasteiger partial charge is 0.276 e. The Morgan fingerprint density at radius 3 is 2.56 bits per heavy atom. The molecule has 32 heavy (non-hydrogen) atoms. The lowest BCUT2D eigenvalue weighted by molar-refractivity contribution is 0.415. The highest BCUT2D eigenvalue weighted by Crippen LogP contribution is 2.25. The number of ether oxygens (including phenoxy) is 1. The van der Waals surface area contributed by atoms with Gasteiger partial charge in [-0.25, -0.2) is 9.50 Å². The van der Waals surface area contributed by atoms with Crippen LogP contribution in [0.15, 0.2) is 76.2 Å². The molecule has 0 unspecified atom stereocenters. The predicted octanol–water partition coefficient (Wildman–Crippen LogP) is 4.49. The number of aryl methyl sites for hydroxylation is 2. The molecular weight excluding hydrogens is 404 g/mol.